The van der Waals surface area contributed by atoms with Gasteiger partial charge in [0.15, 0.2) is 5.69 Å². The van der Waals surface area contributed by atoms with E-state index in [9.17, 15) is 18.4 Å². The minimum Gasteiger partial charge on any atom is -0.350 e. The van der Waals surface area contributed by atoms with Gasteiger partial charge in [-0.15, -0.1) is 5.10 Å². The normalized spacial score (nSPS) is 10.8. The Bertz CT molecular complexity index is 926. The monoisotopic (exact) mass is 349 g/mol. The number of hydrogen-bond donors (Lipinski definition) is 3. The van der Waals surface area contributed by atoms with Crippen molar-refractivity contribution in [2.24, 2.45) is 0 Å². The maximum absolute atomic E-state index is 13.6. The SMILES string of the molecule is O=C(NCCc1n[nH]c(=O)[nH]1)c1cn(Cc2c(F)cccc2F)nn1. The smallest absolute Gasteiger partial charge is 0.340 e. The molecule has 9 nitrogen and oxygen atoms in total. The van der Waals surface area contributed by atoms with Crippen LogP contribution in [0.3, 0.4) is 0 Å². The van der Waals surface area contributed by atoms with Crippen LogP contribution in [0.2, 0.25) is 0 Å². The van der Waals surface area contributed by atoms with E-state index in [1.54, 1.807) is 0 Å². The third-order valence-electron chi connectivity index (χ3n) is 3.35. The number of aromatic amines is 2. The fraction of sp³-hybridized carbons (Fsp3) is 0.214. The van der Waals surface area contributed by atoms with Gasteiger partial charge in [0.2, 0.25) is 0 Å². The lowest BCUT2D eigenvalue weighted by Gasteiger charge is -2.04. The number of nitrogens with zero attached hydrogens (tertiary/aromatic N) is 4. The zero-order chi connectivity index (χ0) is 17.8. The highest BCUT2D eigenvalue weighted by molar-refractivity contribution is 5.91. The number of amides is 1. The molecule has 2 aromatic heterocycles. The highest BCUT2D eigenvalue weighted by Crippen LogP contribution is 2.13. The Labute approximate surface area is 139 Å². The van der Waals surface area contributed by atoms with Crippen LogP contribution in [0.4, 0.5) is 8.78 Å². The summed E-state index contributed by atoms with van der Waals surface area (Å²) < 4.78 is 28.4. The zero-order valence-corrected chi connectivity index (χ0v) is 12.8. The fourth-order valence-electron chi connectivity index (χ4n) is 2.13. The first-order chi connectivity index (χ1) is 12.0. The summed E-state index contributed by atoms with van der Waals surface area (Å²) in [5, 5.41) is 15.9. The van der Waals surface area contributed by atoms with E-state index in [4.69, 9.17) is 0 Å². The molecule has 0 saturated heterocycles. The molecule has 0 saturated carbocycles. The lowest BCUT2D eigenvalue weighted by atomic mass is 10.2. The predicted octanol–water partition coefficient (Wildman–Crippen LogP) is -0.0115. The molecule has 0 atom stereocenters. The van der Waals surface area contributed by atoms with Gasteiger partial charge in [-0.25, -0.2) is 23.4 Å². The first-order valence-corrected chi connectivity index (χ1v) is 7.27. The zero-order valence-electron chi connectivity index (χ0n) is 12.8. The van der Waals surface area contributed by atoms with Gasteiger partial charge in [-0.2, -0.15) is 5.10 Å². The van der Waals surface area contributed by atoms with Crippen molar-refractivity contribution in [3.05, 3.63) is 63.6 Å². The highest BCUT2D eigenvalue weighted by atomic mass is 19.1. The first-order valence-electron chi connectivity index (χ1n) is 7.27. The lowest BCUT2D eigenvalue weighted by molar-refractivity contribution is 0.0949. The van der Waals surface area contributed by atoms with Crippen molar-refractivity contribution in [2.75, 3.05) is 6.54 Å². The molecule has 0 aliphatic rings. The van der Waals surface area contributed by atoms with Crippen LogP contribution >= 0.6 is 0 Å². The van der Waals surface area contributed by atoms with E-state index in [1.165, 1.54) is 16.9 Å². The van der Waals surface area contributed by atoms with Crippen LogP contribution in [0.15, 0.2) is 29.2 Å². The Kier molecular flexibility index (Phi) is 4.64. The van der Waals surface area contributed by atoms with Gasteiger partial charge in [-0.3, -0.25) is 9.78 Å². The van der Waals surface area contributed by atoms with Crippen LogP contribution in [0.25, 0.3) is 0 Å². The molecule has 2 heterocycles. The van der Waals surface area contributed by atoms with Gasteiger partial charge >= 0.3 is 5.69 Å². The number of H-pyrrole nitrogens is 2. The minimum atomic E-state index is -0.700. The van der Waals surface area contributed by atoms with Crippen LogP contribution in [-0.4, -0.2) is 42.6 Å². The number of halogens is 2. The fourth-order valence-corrected chi connectivity index (χ4v) is 2.13. The third-order valence-corrected chi connectivity index (χ3v) is 3.35. The summed E-state index contributed by atoms with van der Waals surface area (Å²) in [4.78, 5) is 25.3. The van der Waals surface area contributed by atoms with Crippen molar-refractivity contribution in [2.45, 2.75) is 13.0 Å². The summed E-state index contributed by atoms with van der Waals surface area (Å²) in [6.07, 6.45) is 1.61. The van der Waals surface area contributed by atoms with Crippen LogP contribution in [0.5, 0.6) is 0 Å². The summed E-state index contributed by atoms with van der Waals surface area (Å²) in [5.41, 5.74) is -0.584. The molecule has 1 amide bonds. The average Bonchev–Trinajstić information content (AvgIpc) is 3.20. The van der Waals surface area contributed by atoms with E-state index in [-0.39, 0.29) is 24.3 Å². The van der Waals surface area contributed by atoms with Crippen molar-refractivity contribution >= 4 is 5.91 Å². The molecule has 0 aliphatic carbocycles. The second-order valence-corrected chi connectivity index (χ2v) is 5.13. The molecule has 3 aromatic rings. The summed E-state index contributed by atoms with van der Waals surface area (Å²) >= 11 is 0. The summed E-state index contributed by atoms with van der Waals surface area (Å²) in [6.45, 7) is 0.0295. The predicted molar refractivity (Wildman–Crippen MR) is 80.7 cm³/mol. The molecule has 11 heteroatoms. The molecule has 0 aliphatic heterocycles. The Balaban J connectivity index is 1.59. The van der Waals surface area contributed by atoms with E-state index in [2.05, 4.69) is 30.8 Å². The second-order valence-electron chi connectivity index (χ2n) is 5.13. The molecule has 3 rings (SSSR count). The minimum absolute atomic E-state index is 0.00673. The van der Waals surface area contributed by atoms with Crippen molar-refractivity contribution < 1.29 is 13.6 Å². The van der Waals surface area contributed by atoms with Crippen LogP contribution < -0.4 is 11.0 Å². The molecule has 0 spiro atoms. The number of aromatic nitrogens is 6. The Hall–Kier alpha value is -3.37. The standard InChI is InChI=1S/C14H13F2N7O2/c15-9-2-1-3-10(16)8(9)6-23-7-11(19-22-23)13(24)17-5-4-12-18-14(25)21-20-12/h1-3,7H,4-6H2,(H,17,24)(H2,18,20,21,25). The van der Waals surface area contributed by atoms with Gasteiger partial charge in [-0.1, -0.05) is 11.3 Å². The third kappa shape index (κ3) is 3.94. The second kappa shape index (κ2) is 7.03. The van der Waals surface area contributed by atoms with Gasteiger partial charge in [0.1, 0.15) is 17.5 Å². The molecular weight excluding hydrogens is 336 g/mol. The summed E-state index contributed by atoms with van der Waals surface area (Å²) in [5.74, 6) is -1.49. The molecule has 0 bridgehead atoms. The van der Waals surface area contributed by atoms with Crippen LogP contribution in [-0.2, 0) is 13.0 Å². The largest absolute Gasteiger partial charge is 0.350 e. The number of hydrogen-bond acceptors (Lipinski definition) is 5. The number of rotatable bonds is 6. The maximum Gasteiger partial charge on any atom is 0.340 e. The van der Waals surface area contributed by atoms with Crippen molar-refractivity contribution in [1.82, 2.24) is 35.5 Å². The Morgan fingerprint density at radius 2 is 2.04 bits per heavy atom. The van der Waals surface area contributed by atoms with Crippen molar-refractivity contribution in [1.29, 1.82) is 0 Å². The van der Waals surface area contributed by atoms with E-state index < -0.39 is 23.2 Å². The molecular formula is C14H13F2N7O2. The first kappa shape index (κ1) is 16.5. The topological polar surface area (TPSA) is 121 Å². The van der Waals surface area contributed by atoms with E-state index >= 15 is 0 Å². The van der Waals surface area contributed by atoms with Gasteiger partial charge in [0, 0.05) is 18.5 Å². The molecule has 1 aromatic carbocycles. The van der Waals surface area contributed by atoms with Crippen molar-refractivity contribution in [3.63, 3.8) is 0 Å². The van der Waals surface area contributed by atoms with E-state index in [1.807, 2.05) is 0 Å². The number of carbonyl (C=O) groups is 1. The molecule has 3 N–H and O–H groups in total. The average molecular weight is 349 g/mol. The highest BCUT2D eigenvalue weighted by Gasteiger charge is 2.14. The quantitative estimate of drug-likeness (QED) is 0.578. The van der Waals surface area contributed by atoms with Crippen LogP contribution in [0.1, 0.15) is 21.9 Å². The number of benzene rings is 1. The van der Waals surface area contributed by atoms with E-state index in [0.29, 0.717) is 12.2 Å². The molecule has 130 valence electrons. The van der Waals surface area contributed by atoms with Crippen LogP contribution in [0, 0.1) is 11.6 Å². The van der Waals surface area contributed by atoms with Gasteiger partial charge in [0.05, 0.1) is 12.7 Å². The Morgan fingerprint density at radius 3 is 2.72 bits per heavy atom. The van der Waals surface area contributed by atoms with Crippen molar-refractivity contribution in [3.8, 4) is 0 Å². The van der Waals surface area contributed by atoms with E-state index in [0.717, 1.165) is 12.1 Å². The van der Waals surface area contributed by atoms with Gasteiger partial charge < -0.3 is 5.32 Å². The Morgan fingerprint density at radius 1 is 1.28 bits per heavy atom. The number of carbonyl (C=O) groups excluding carboxylic acids is 1. The molecule has 0 unspecified atom stereocenters. The molecule has 0 fully saturated rings. The summed E-state index contributed by atoms with van der Waals surface area (Å²) in [7, 11) is 0. The maximum atomic E-state index is 13.6. The lowest BCUT2D eigenvalue weighted by Crippen LogP contribution is -2.26. The molecule has 0 radical (unpaired) electrons. The van der Waals surface area contributed by atoms with Gasteiger partial charge in [-0.05, 0) is 12.1 Å². The molecule has 25 heavy (non-hydrogen) atoms. The number of nitrogens with one attached hydrogen (secondary N) is 3. The summed E-state index contributed by atoms with van der Waals surface area (Å²) in [6, 6.07) is 3.55. The van der Waals surface area contributed by atoms with Gasteiger partial charge in [0.25, 0.3) is 5.91 Å².